The van der Waals surface area contributed by atoms with E-state index in [1.807, 2.05) is 48.0 Å². The molecule has 196 valence electrons. The summed E-state index contributed by atoms with van der Waals surface area (Å²) in [5.41, 5.74) is 7.97. The van der Waals surface area contributed by atoms with E-state index in [4.69, 9.17) is 14.8 Å². The largest absolute Gasteiger partial charge is 0.508 e. The topological polar surface area (TPSA) is 121 Å². The van der Waals surface area contributed by atoms with Crippen molar-refractivity contribution in [1.29, 1.82) is 0 Å². The zero-order valence-electron chi connectivity index (χ0n) is 21.3. The summed E-state index contributed by atoms with van der Waals surface area (Å²) in [5.74, 6) is 1.48. The van der Waals surface area contributed by atoms with Crippen LogP contribution in [0.3, 0.4) is 0 Å². The number of hydrogen-bond acceptors (Lipinski definition) is 7. The van der Waals surface area contributed by atoms with Gasteiger partial charge >= 0.3 is 0 Å². The molecule has 1 aliphatic rings. The summed E-state index contributed by atoms with van der Waals surface area (Å²) in [6.07, 6.45) is 1.52. The monoisotopic (exact) mass is 521 g/mol. The Morgan fingerprint density at radius 3 is 2.62 bits per heavy atom. The van der Waals surface area contributed by atoms with Crippen molar-refractivity contribution in [3.63, 3.8) is 0 Å². The number of para-hydroxylation sites is 1. The van der Waals surface area contributed by atoms with E-state index in [2.05, 4.69) is 20.4 Å². The molecule has 10 heteroatoms. The number of benzene rings is 3. The number of ether oxygens (including phenoxy) is 1. The first-order valence-corrected chi connectivity index (χ1v) is 12.7. The van der Waals surface area contributed by atoms with Crippen LogP contribution in [0.4, 0.5) is 5.82 Å². The molecule has 2 aromatic heterocycles. The van der Waals surface area contributed by atoms with Crippen LogP contribution in [-0.4, -0.2) is 63.3 Å². The van der Waals surface area contributed by atoms with Crippen molar-refractivity contribution in [2.24, 2.45) is 5.10 Å². The van der Waals surface area contributed by atoms with Crippen molar-refractivity contribution < 1.29 is 14.6 Å². The Kier molecular flexibility index (Phi) is 6.52. The molecule has 0 atom stereocenters. The van der Waals surface area contributed by atoms with Crippen molar-refractivity contribution in [2.75, 3.05) is 31.2 Å². The molecule has 1 amide bonds. The number of hydrogen-bond donors (Lipinski definition) is 3. The molecule has 0 saturated carbocycles. The van der Waals surface area contributed by atoms with Crippen LogP contribution in [0.25, 0.3) is 28.1 Å². The summed E-state index contributed by atoms with van der Waals surface area (Å²) in [7, 11) is 0. The highest BCUT2D eigenvalue weighted by atomic mass is 16.5. The van der Waals surface area contributed by atoms with Crippen LogP contribution in [0.1, 0.15) is 21.6 Å². The number of imidazole rings is 1. The number of hydrazone groups is 1. The Hall–Kier alpha value is -4.96. The number of carbonyl (C=O) groups is 1. The summed E-state index contributed by atoms with van der Waals surface area (Å²) in [6.45, 7) is 4.77. The zero-order chi connectivity index (χ0) is 26.8. The van der Waals surface area contributed by atoms with Gasteiger partial charge in [-0.05, 0) is 67.1 Å². The summed E-state index contributed by atoms with van der Waals surface area (Å²) < 4.78 is 7.57. The number of rotatable bonds is 6. The van der Waals surface area contributed by atoms with Crippen molar-refractivity contribution in [2.45, 2.75) is 6.92 Å². The summed E-state index contributed by atoms with van der Waals surface area (Å²) in [4.78, 5) is 23.3. The Morgan fingerprint density at radius 2 is 1.85 bits per heavy atom. The second-order valence-electron chi connectivity index (χ2n) is 9.24. The van der Waals surface area contributed by atoms with Crippen molar-refractivity contribution in [3.8, 4) is 22.8 Å². The van der Waals surface area contributed by atoms with Gasteiger partial charge in [0, 0.05) is 18.7 Å². The molecule has 0 spiro atoms. The fourth-order valence-electron chi connectivity index (χ4n) is 4.67. The van der Waals surface area contributed by atoms with Gasteiger partial charge in [-0.1, -0.05) is 18.2 Å². The second-order valence-corrected chi connectivity index (χ2v) is 9.24. The molecule has 39 heavy (non-hydrogen) atoms. The van der Waals surface area contributed by atoms with Gasteiger partial charge in [0.1, 0.15) is 17.4 Å². The Bertz CT molecular complexity index is 1650. The summed E-state index contributed by atoms with van der Waals surface area (Å²) >= 11 is 0. The van der Waals surface area contributed by atoms with Gasteiger partial charge in [-0.2, -0.15) is 10.2 Å². The number of morpholine rings is 1. The Labute approximate surface area is 224 Å². The van der Waals surface area contributed by atoms with Gasteiger partial charge in [-0.15, -0.1) is 0 Å². The van der Waals surface area contributed by atoms with E-state index in [9.17, 15) is 9.90 Å². The maximum atomic E-state index is 12.8. The first-order chi connectivity index (χ1) is 19.1. The van der Waals surface area contributed by atoms with Crippen LogP contribution >= 0.6 is 0 Å². The number of aryl methyl sites for hydroxylation is 1. The number of phenolic OH excluding ortho intramolecular Hbond substituents is 1. The first kappa shape index (κ1) is 24.4. The molecule has 0 aliphatic carbocycles. The van der Waals surface area contributed by atoms with E-state index in [1.54, 1.807) is 36.4 Å². The van der Waals surface area contributed by atoms with Gasteiger partial charge < -0.3 is 19.7 Å². The minimum absolute atomic E-state index is 0.170. The van der Waals surface area contributed by atoms with Gasteiger partial charge in [0.25, 0.3) is 5.91 Å². The fraction of sp³-hybridized carbons (Fsp3) is 0.172. The van der Waals surface area contributed by atoms with E-state index in [0.29, 0.717) is 24.6 Å². The third-order valence-corrected chi connectivity index (χ3v) is 6.60. The quantitative estimate of drug-likeness (QED) is 0.229. The van der Waals surface area contributed by atoms with Gasteiger partial charge in [0.15, 0.2) is 0 Å². The summed E-state index contributed by atoms with van der Waals surface area (Å²) in [5, 5.41) is 18.3. The number of nitrogens with zero attached hydrogens (tertiary/aromatic N) is 5. The van der Waals surface area contributed by atoms with Crippen molar-refractivity contribution in [3.05, 3.63) is 89.6 Å². The molecule has 0 bridgehead atoms. The molecular formula is C29H27N7O3. The zero-order valence-corrected chi connectivity index (χ0v) is 21.3. The molecular weight excluding hydrogens is 494 g/mol. The van der Waals surface area contributed by atoms with Gasteiger partial charge in [-0.3, -0.25) is 4.79 Å². The summed E-state index contributed by atoms with van der Waals surface area (Å²) in [6, 6.07) is 21.9. The number of aromatic hydroxyl groups is 1. The van der Waals surface area contributed by atoms with Crippen LogP contribution in [0, 0.1) is 6.92 Å². The standard InChI is InChI=1S/C29H27N7O3/c1-19-26(29(35-13-15-39-16-14-35)36(34-19)22-5-3-2-4-6-22)27-31-24-12-9-21(17-25(24)32-27)28(38)33-30-18-20-7-10-23(37)11-8-20/h2-12,17-18,37H,13-16H2,1H3,(H,31,32)(H,33,38). The average molecular weight is 522 g/mol. The van der Waals surface area contributed by atoms with Crippen molar-refractivity contribution >= 4 is 29.0 Å². The maximum absolute atomic E-state index is 12.8. The fourth-order valence-corrected chi connectivity index (χ4v) is 4.67. The molecule has 3 N–H and O–H groups in total. The van der Waals surface area contributed by atoms with Crippen LogP contribution in [0.2, 0.25) is 0 Å². The molecule has 0 radical (unpaired) electrons. The van der Waals surface area contributed by atoms with Crippen LogP contribution in [-0.2, 0) is 4.74 Å². The smallest absolute Gasteiger partial charge is 0.271 e. The average Bonchev–Trinajstić information content (AvgIpc) is 3.55. The minimum Gasteiger partial charge on any atom is -0.508 e. The normalized spacial score (nSPS) is 13.8. The number of phenols is 1. The lowest BCUT2D eigenvalue weighted by atomic mass is 10.2. The highest BCUT2D eigenvalue weighted by Crippen LogP contribution is 2.36. The molecule has 1 saturated heterocycles. The number of H-pyrrole nitrogens is 1. The highest BCUT2D eigenvalue weighted by Gasteiger charge is 2.26. The van der Waals surface area contributed by atoms with Gasteiger partial charge in [0.05, 0.1) is 47.4 Å². The van der Waals surface area contributed by atoms with Crippen LogP contribution in [0.15, 0.2) is 77.9 Å². The molecule has 0 unspecified atom stereocenters. The number of nitrogens with one attached hydrogen (secondary N) is 2. The Balaban J connectivity index is 1.32. The number of amides is 1. The second kappa shape index (κ2) is 10.4. The van der Waals surface area contributed by atoms with E-state index >= 15 is 0 Å². The number of anilines is 1. The van der Waals surface area contributed by atoms with Gasteiger partial charge in [-0.25, -0.2) is 15.1 Å². The third kappa shape index (κ3) is 4.97. The van der Waals surface area contributed by atoms with E-state index in [1.165, 1.54) is 6.21 Å². The molecule has 3 heterocycles. The lowest BCUT2D eigenvalue weighted by Gasteiger charge is -2.30. The van der Waals surface area contributed by atoms with Gasteiger partial charge in [0.2, 0.25) is 0 Å². The third-order valence-electron chi connectivity index (χ3n) is 6.60. The number of carbonyl (C=O) groups excluding carboxylic acids is 1. The number of fused-ring (bicyclic) bond motifs is 1. The van der Waals surface area contributed by atoms with Crippen LogP contribution in [0.5, 0.6) is 5.75 Å². The molecule has 6 rings (SSSR count). The molecule has 3 aromatic carbocycles. The first-order valence-electron chi connectivity index (χ1n) is 12.7. The lowest BCUT2D eigenvalue weighted by Crippen LogP contribution is -2.37. The van der Waals surface area contributed by atoms with Crippen molar-refractivity contribution in [1.82, 2.24) is 25.2 Å². The predicted molar refractivity (Wildman–Crippen MR) is 150 cm³/mol. The molecule has 10 nitrogen and oxygen atoms in total. The number of aromatic nitrogens is 4. The van der Waals surface area contributed by atoms with Crippen LogP contribution < -0.4 is 10.3 Å². The predicted octanol–water partition coefficient (Wildman–Crippen LogP) is 4.03. The number of aromatic amines is 1. The molecule has 5 aromatic rings. The molecule has 1 aliphatic heterocycles. The SMILES string of the molecule is Cc1nn(-c2ccccc2)c(N2CCOCC2)c1-c1nc2ccc(C(=O)NN=Cc3ccc(O)cc3)cc2[nH]1. The highest BCUT2D eigenvalue weighted by molar-refractivity contribution is 5.98. The lowest BCUT2D eigenvalue weighted by molar-refractivity contribution is 0.0955. The van der Waals surface area contributed by atoms with E-state index in [0.717, 1.165) is 52.4 Å². The van der Waals surface area contributed by atoms with E-state index < -0.39 is 0 Å². The van der Waals surface area contributed by atoms with E-state index in [-0.39, 0.29) is 11.7 Å². The minimum atomic E-state index is -0.342. The Morgan fingerprint density at radius 1 is 1.08 bits per heavy atom. The maximum Gasteiger partial charge on any atom is 0.271 e. The molecule has 1 fully saturated rings.